The average molecular weight is 368 g/mol. The first-order valence-electron chi connectivity index (χ1n) is 8.34. The molecule has 0 amide bonds. The van der Waals surface area contributed by atoms with Crippen molar-refractivity contribution in [1.82, 2.24) is 0 Å². The van der Waals surface area contributed by atoms with Crippen LogP contribution < -0.4 is 9.64 Å². The Morgan fingerprint density at radius 1 is 1.00 bits per heavy atom. The molecule has 6 heteroatoms. The zero-order valence-corrected chi connectivity index (χ0v) is 14.8. The van der Waals surface area contributed by atoms with E-state index in [4.69, 9.17) is 4.74 Å². The SMILES string of the molecule is C[NH+]1CCC(Oc2ccccc2Sc2ccc(C(F)(F)F)cc2)CC1. The number of quaternary nitrogens is 1. The molecule has 2 nitrogen and oxygen atoms in total. The molecule has 0 atom stereocenters. The lowest BCUT2D eigenvalue weighted by molar-refractivity contribution is -0.885. The van der Waals surface area contributed by atoms with Gasteiger partial charge in [0, 0.05) is 17.7 Å². The van der Waals surface area contributed by atoms with Gasteiger partial charge in [0.1, 0.15) is 11.9 Å². The van der Waals surface area contributed by atoms with E-state index >= 15 is 0 Å². The van der Waals surface area contributed by atoms with Gasteiger partial charge >= 0.3 is 6.18 Å². The van der Waals surface area contributed by atoms with Crippen LogP contribution >= 0.6 is 11.8 Å². The summed E-state index contributed by atoms with van der Waals surface area (Å²) in [6.45, 7) is 2.19. The van der Waals surface area contributed by atoms with Crippen LogP contribution in [-0.2, 0) is 6.18 Å². The van der Waals surface area contributed by atoms with Crippen LogP contribution in [-0.4, -0.2) is 26.2 Å². The van der Waals surface area contributed by atoms with Crippen LogP contribution in [0.3, 0.4) is 0 Å². The van der Waals surface area contributed by atoms with Crippen LogP contribution in [0.1, 0.15) is 18.4 Å². The second-order valence-corrected chi connectivity index (χ2v) is 7.46. The number of benzene rings is 2. The standard InChI is InChI=1S/C19H20F3NOS/c1-23-12-10-15(11-13-23)24-17-4-2-3-5-18(17)25-16-8-6-14(7-9-16)19(20,21)22/h2-9,15H,10-13H2,1H3/p+1. The van der Waals surface area contributed by atoms with Crippen molar-refractivity contribution in [2.75, 3.05) is 20.1 Å². The van der Waals surface area contributed by atoms with Crippen molar-refractivity contribution >= 4 is 11.8 Å². The molecule has 0 aromatic heterocycles. The van der Waals surface area contributed by atoms with Gasteiger partial charge in [0.05, 0.1) is 30.6 Å². The van der Waals surface area contributed by atoms with Crippen LogP contribution in [0.25, 0.3) is 0 Å². The average Bonchev–Trinajstić information content (AvgIpc) is 2.58. The van der Waals surface area contributed by atoms with Gasteiger partial charge < -0.3 is 9.64 Å². The largest absolute Gasteiger partial charge is 0.489 e. The maximum Gasteiger partial charge on any atom is 0.416 e. The van der Waals surface area contributed by atoms with E-state index in [0.29, 0.717) is 0 Å². The van der Waals surface area contributed by atoms with Gasteiger partial charge in [0.15, 0.2) is 0 Å². The van der Waals surface area contributed by atoms with E-state index in [-0.39, 0.29) is 6.10 Å². The zero-order valence-electron chi connectivity index (χ0n) is 14.0. The van der Waals surface area contributed by atoms with Crippen molar-refractivity contribution in [3.05, 3.63) is 54.1 Å². The predicted octanol–water partition coefficient (Wildman–Crippen LogP) is 3.91. The fraction of sp³-hybridized carbons (Fsp3) is 0.368. The molecule has 0 spiro atoms. The molecule has 0 aliphatic carbocycles. The Bertz CT molecular complexity index is 695. The Labute approximate surface area is 150 Å². The summed E-state index contributed by atoms with van der Waals surface area (Å²) in [5.74, 6) is 0.803. The third-order valence-corrected chi connectivity index (χ3v) is 5.40. The van der Waals surface area contributed by atoms with Crippen molar-refractivity contribution in [3.8, 4) is 5.75 Å². The van der Waals surface area contributed by atoms with E-state index < -0.39 is 11.7 Å². The summed E-state index contributed by atoms with van der Waals surface area (Å²) in [4.78, 5) is 3.21. The quantitative estimate of drug-likeness (QED) is 0.879. The molecule has 25 heavy (non-hydrogen) atoms. The molecule has 1 fully saturated rings. The van der Waals surface area contributed by atoms with Gasteiger partial charge in [-0.05, 0) is 36.4 Å². The van der Waals surface area contributed by atoms with Gasteiger partial charge in [-0.25, -0.2) is 0 Å². The van der Waals surface area contributed by atoms with Crippen LogP contribution in [0.2, 0.25) is 0 Å². The van der Waals surface area contributed by atoms with Crippen LogP contribution in [0.4, 0.5) is 13.2 Å². The Balaban J connectivity index is 1.70. The van der Waals surface area contributed by atoms with E-state index in [1.807, 2.05) is 24.3 Å². The highest BCUT2D eigenvalue weighted by molar-refractivity contribution is 7.99. The molecule has 134 valence electrons. The first-order valence-corrected chi connectivity index (χ1v) is 9.15. The van der Waals surface area contributed by atoms with Gasteiger partial charge in [0.25, 0.3) is 0 Å². The van der Waals surface area contributed by atoms with Crippen molar-refractivity contribution in [2.45, 2.75) is 34.9 Å². The van der Waals surface area contributed by atoms with E-state index in [1.54, 1.807) is 0 Å². The molecule has 0 radical (unpaired) electrons. The lowest BCUT2D eigenvalue weighted by Gasteiger charge is -2.27. The fourth-order valence-electron chi connectivity index (χ4n) is 2.85. The first-order chi connectivity index (χ1) is 11.9. The Morgan fingerprint density at radius 3 is 2.28 bits per heavy atom. The van der Waals surface area contributed by atoms with Crippen molar-refractivity contribution < 1.29 is 22.8 Å². The summed E-state index contributed by atoms with van der Waals surface area (Å²) in [7, 11) is 2.19. The molecule has 2 aromatic rings. The van der Waals surface area contributed by atoms with Gasteiger partial charge in [0.2, 0.25) is 0 Å². The minimum atomic E-state index is -4.31. The summed E-state index contributed by atoms with van der Waals surface area (Å²) in [6, 6.07) is 12.9. The molecule has 0 saturated carbocycles. The predicted molar refractivity (Wildman–Crippen MR) is 92.3 cm³/mol. The Hall–Kier alpha value is -1.66. The number of alkyl halides is 3. The van der Waals surface area contributed by atoms with Gasteiger partial charge in [-0.2, -0.15) is 13.2 Å². The maximum absolute atomic E-state index is 12.7. The number of hydrogen-bond acceptors (Lipinski definition) is 2. The molecule has 1 N–H and O–H groups in total. The minimum absolute atomic E-state index is 0.207. The molecule has 0 unspecified atom stereocenters. The summed E-state index contributed by atoms with van der Waals surface area (Å²) in [5, 5.41) is 0. The summed E-state index contributed by atoms with van der Waals surface area (Å²) < 4.78 is 44.2. The lowest BCUT2D eigenvalue weighted by Crippen LogP contribution is -3.10. The highest BCUT2D eigenvalue weighted by Crippen LogP contribution is 2.37. The summed E-state index contributed by atoms with van der Waals surface area (Å²) >= 11 is 1.43. The smallest absolute Gasteiger partial charge is 0.416 e. The first kappa shape index (κ1) is 18.1. The van der Waals surface area contributed by atoms with E-state index in [9.17, 15) is 13.2 Å². The Kier molecular flexibility index (Phi) is 5.59. The number of hydrogen-bond donors (Lipinski definition) is 1. The van der Waals surface area contributed by atoms with E-state index in [1.165, 1.54) is 28.8 Å². The highest BCUT2D eigenvalue weighted by atomic mass is 32.2. The number of nitrogens with one attached hydrogen (secondary N) is 1. The van der Waals surface area contributed by atoms with Crippen LogP contribution in [0, 0.1) is 0 Å². The molecular formula is C19H21F3NOS+. The normalized spacial score (nSPS) is 21.1. The van der Waals surface area contributed by atoms with E-state index in [2.05, 4.69) is 7.05 Å². The number of likely N-dealkylation sites (tertiary alicyclic amines) is 1. The molecule has 3 rings (SSSR count). The number of piperidine rings is 1. The van der Waals surface area contributed by atoms with Crippen LogP contribution in [0.15, 0.2) is 58.3 Å². The highest BCUT2D eigenvalue weighted by Gasteiger charge is 2.30. The number of rotatable bonds is 4. The molecule has 1 aliphatic heterocycles. The monoisotopic (exact) mass is 368 g/mol. The van der Waals surface area contributed by atoms with Crippen molar-refractivity contribution in [3.63, 3.8) is 0 Å². The third kappa shape index (κ3) is 4.92. The maximum atomic E-state index is 12.7. The summed E-state index contributed by atoms with van der Waals surface area (Å²) in [5.41, 5.74) is -0.629. The Morgan fingerprint density at radius 2 is 1.64 bits per heavy atom. The second kappa shape index (κ2) is 7.70. The molecule has 1 aliphatic rings. The van der Waals surface area contributed by atoms with Gasteiger partial charge in [-0.15, -0.1) is 0 Å². The number of para-hydroxylation sites is 1. The molecule has 2 aromatic carbocycles. The van der Waals surface area contributed by atoms with Gasteiger partial charge in [-0.1, -0.05) is 23.9 Å². The van der Waals surface area contributed by atoms with E-state index in [0.717, 1.165) is 53.6 Å². The fourth-order valence-corrected chi connectivity index (χ4v) is 3.74. The van der Waals surface area contributed by atoms with Crippen molar-refractivity contribution in [1.29, 1.82) is 0 Å². The van der Waals surface area contributed by atoms with Gasteiger partial charge in [-0.3, -0.25) is 0 Å². The second-order valence-electron chi connectivity index (χ2n) is 6.35. The third-order valence-electron chi connectivity index (χ3n) is 4.34. The molecule has 0 bridgehead atoms. The zero-order chi connectivity index (χ0) is 17.9. The molecule has 1 saturated heterocycles. The topological polar surface area (TPSA) is 13.7 Å². The van der Waals surface area contributed by atoms with Crippen molar-refractivity contribution in [2.24, 2.45) is 0 Å². The molecule has 1 heterocycles. The molecular weight excluding hydrogens is 347 g/mol. The minimum Gasteiger partial charge on any atom is -0.489 e. The number of halogens is 3. The van der Waals surface area contributed by atoms with Crippen LogP contribution in [0.5, 0.6) is 5.75 Å². The lowest BCUT2D eigenvalue weighted by atomic mass is 10.1. The summed E-state index contributed by atoms with van der Waals surface area (Å²) in [6.07, 6.45) is -2.06. The number of ether oxygens (including phenoxy) is 1.